The Balaban J connectivity index is 1.53. The lowest BCUT2D eigenvalue weighted by Gasteiger charge is -2.34. The summed E-state index contributed by atoms with van der Waals surface area (Å²) in [7, 11) is 0. The van der Waals surface area contributed by atoms with Crippen molar-refractivity contribution in [3.63, 3.8) is 0 Å². The van der Waals surface area contributed by atoms with E-state index in [9.17, 15) is 13.6 Å². The van der Waals surface area contributed by atoms with Crippen LogP contribution in [0.4, 0.5) is 8.78 Å². The predicted molar refractivity (Wildman–Crippen MR) is 90.2 cm³/mol. The molecule has 1 aliphatic rings. The third-order valence-electron chi connectivity index (χ3n) is 4.33. The summed E-state index contributed by atoms with van der Waals surface area (Å²) in [4.78, 5) is 16.1. The van der Waals surface area contributed by atoms with Gasteiger partial charge in [-0.15, -0.1) is 0 Å². The third-order valence-corrected chi connectivity index (χ3v) is 4.71. The van der Waals surface area contributed by atoms with Crippen LogP contribution < -0.4 is 0 Å². The lowest BCUT2D eigenvalue weighted by Crippen LogP contribution is -2.49. The van der Waals surface area contributed by atoms with Crippen LogP contribution in [0.1, 0.15) is 11.3 Å². The third kappa shape index (κ3) is 4.16. The largest absolute Gasteiger partial charge is 0.339 e. The highest BCUT2D eigenvalue weighted by molar-refractivity contribution is 6.31. The summed E-state index contributed by atoms with van der Waals surface area (Å²) in [6.45, 7) is 4.58. The predicted octanol–water partition coefficient (Wildman–Crippen LogP) is 2.47. The molecule has 3 rings (SSSR count). The summed E-state index contributed by atoms with van der Waals surface area (Å²) in [5.74, 6) is -1.66. The van der Waals surface area contributed by atoms with Crippen LogP contribution in [0, 0.1) is 18.6 Å². The van der Waals surface area contributed by atoms with Crippen molar-refractivity contribution in [1.82, 2.24) is 19.6 Å². The molecule has 1 aromatic carbocycles. The molecule has 2 heterocycles. The first-order chi connectivity index (χ1) is 11.9. The second-order valence-corrected chi connectivity index (χ2v) is 6.54. The van der Waals surface area contributed by atoms with E-state index in [0.717, 1.165) is 6.07 Å². The van der Waals surface area contributed by atoms with Crippen molar-refractivity contribution in [2.24, 2.45) is 0 Å². The normalized spacial score (nSPS) is 15.6. The van der Waals surface area contributed by atoms with Gasteiger partial charge in [-0.05, 0) is 13.0 Å². The number of hydrogen-bond donors (Lipinski definition) is 0. The van der Waals surface area contributed by atoms with E-state index >= 15 is 0 Å². The Morgan fingerprint density at radius 2 is 1.96 bits per heavy atom. The number of carbonyl (C=O) groups is 1. The van der Waals surface area contributed by atoms with Gasteiger partial charge in [0, 0.05) is 44.5 Å². The molecule has 1 aromatic heterocycles. The van der Waals surface area contributed by atoms with Crippen molar-refractivity contribution < 1.29 is 13.6 Å². The minimum Gasteiger partial charge on any atom is -0.339 e. The second-order valence-electron chi connectivity index (χ2n) is 6.13. The number of hydrogen-bond acceptors (Lipinski definition) is 3. The number of aryl methyl sites for hydroxylation is 1. The number of rotatable bonds is 4. The highest BCUT2D eigenvalue weighted by Gasteiger charge is 2.22. The van der Waals surface area contributed by atoms with Crippen molar-refractivity contribution in [2.75, 3.05) is 26.2 Å². The minimum absolute atomic E-state index is 0.0317. The maximum Gasteiger partial charge on any atom is 0.244 e. The number of amides is 1. The van der Waals surface area contributed by atoms with Crippen LogP contribution in [0.3, 0.4) is 0 Å². The number of piperazine rings is 1. The molecule has 1 saturated heterocycles. The quantitative estimate of drug-likeness (QED) is 0.832. The van der Waals surface area contributed by atoms with Crippen molar-refractivity contribution >= 4 is 17.5 Å². The van der Waals surface area contributed by atoms with Gasteiger partial charge in [0.2, 0.25) is 5.91 Å². The molecule has 0 N–H and O–H groups in total. The van der Waals surface area contributed by atoms with Crippen LogP contribution >= 0.6 is 11.6 Å². The number of aromatic nitrogens is 2. The summed E-state index contributed by atoms with van der Waals surface area (Å²) >= 11 is 5.95. The molecular formula is C17H19ClF2N4O. The van der Waals surface area contributed by atoms with Gasteiger partial charge in [0.1, 0.15) is 6.54 Å². The van der Waals surface area contributed by atoms with Gasteiger partial charge in [-0.1, -0.05) is 23.7 Å². The summed E-state index contributed by atoms with van der Waals surface area (Å²) in [5.41, 5.74) is 1.03. The van der Waals surface area contributed by atoms with Crippen molar-refractivity contribution in [3.8, 4) is 0 Å². The van der Waals surface area contributed by atoms with E-state index in [4.69, 9.17) is 11.6 Å². The Morgan fingerprint density at radius 3 is 2.60 bits per heavy atom. The van der Waals surface area contributed by atoms with E-state index in [1.54, 1.807) is 24.1 Å². The molecule has 1 fully saturated rings. The number of carbonyl (C=O) groups excluding carboxylic acids is 1. The van der Waals surface area contributed by atoms with Gasteiger partial charge in [-0.3, -0.25) is 14.4 Å². The molecule has 1 amide bonds. The molecule has 134 valence electrons. The van der Waals surface area contributed by atoms with E-state index in [0.29, 0.717) is 49.0 Å². The van der Waals surface area contributed by atoms with Crippen LogP contribution in [-0.4, -0.2) is 51.7 Å². The van der Waals surface area contributed by atoms with Gasteiger partial charge >= 0.3 is 0 Å². The maximum atomic E-state index is 13.8. The van der Waals surface area contributed by atoms with Gasteiger partial charge in [0.05, 0.1) is 10.7 Å². The van der Waals surface area contributed by atoms with Gasteiger partial charge in [0.15, 0.2) is 11.6 Å². The summed E-state index contributed by atoms with van der Waals surface area (Å²) in [6, 6.07) is 4.20. The SMILES string of the molecule is Cc1nn(CC(=O)N2CCN(Cc3cccc(F)c3F)CC2)cc1Cl. The average Bonchev–Trinajstić information content (AvgIpc) is 2.90. The van der Waals surface area contributed by atoms with Crippen molar-refractivity contribution in [2.45, 2.75) is 20.0 Å². The molecule has 0 saturated carbocycles. The van der Waals surface area contributed by atoms with E-state index in [-0.39, 0.29) is 12.5 Å². The second kappa shape index (κ2) is 7.49. The standard InChI is InChI=1S/C17H19ClF2N4O/c1-12-14(18)10-24(21-12)11-16(25)23-7-5-22(6-8-23)9-13-3-2-4-15(19)17(13)20/h2-4,10H,5-9,11H2,1H3. The highest BCUT2D eigenvalue weighted by Crippen LogP contribution is 2.16. The molecule has 0 radical (unpaired) electrons. The zero-order valence-corrected chi connectivity index (χ0v) is 14.6. The van der Waals surface area contributed by atoms with Crippen LogP contribution in [0.5, 0.6) is 0 Å². The molecular weight excluding hydrogens is 350 g/mol. The Labute approximate surface area is 149 Å². The maximum absolute atomic E-state index is 13.8. The minimum atomic E-state index is -0.834. The molecule has 0 bridgehead atoms. The molecule has 2 aromatic rings. The van der Waals surface area contributed by atoms with E-state index in [2.05, 4.69) is 5.10 Å². The average molecular weight is 369 g/mol. The fourth-order valence-electron chi connectivity index (χ4n) is 2.88. The Hall–Kier alpha value is -1.99. The van der Waals surface area contributed by atoms with Crippen LogP contribution in [0.2, 0.25) is 5.02 Å². The first kappa shape index (κ1) is 17.8. The topological polar surface area (TPSA) is 41.4 Å². The van der Waals surface area contributed by atoms with Crippen LogP contribution in [-0.2, 0) is 17.9 Å². The van der Waals surface area contributed by atoms with Crippen molar-refractivity contribution in [3.05, 3.63) is 52.3 Å². The van der Waals surface area contributed by atoms with Crippen molar-refractivity contribution in [1.29, 1.82) is 0 Å². The number of benzene rings is 1. The van der Waals surface area contributed by atoms with E-state index < -0.39 is 11.6 Å². The molecule has 5 nitrogen and oxygen atoms in total. The molecule has 8 heteroatoms. The fraction of sp³-hybridized carbons (Fsp3) is 0.412. The molecule has 25 heavy (non-hydrogen) atoms. The molecule has 0 spiro atoms. The molecule has 0 unspecified atom stereocenters. The van der Waals surface area contributed by atoms with E-state index in [1.165, 1.54) is 10.7 Å². The lowest BCUT2D eigenvalue weighted by atomic mass is 10.1. The highest BCUT2D eigenvalue weighted by atomic mass is 35.5. The van der Waals surface area contributed by atoms with Crippen LogP contribution in [0.25, 0.3) is 0 Å². The summed E-state index contributed by atoms with van der Waals surface area (Å²) in [6.07, 6.45) is 1.64. The summed E-state index contributed by atoms with van der Waals surface area (Å²) < 4.78 is 28.6. The lowest BCUT2D eigenvalue weighted by molar-refractivity contribution is -0.133. The fourth-order valence-corrected chi connectivity index (χ4v) is 3.03. The van der Waals surface area contributed by atoms with Gasteiger partial charge in [0.25, 0.3) is 0 Å². The molecule has 0 atom stereocenters. The number of halogens is 3. The van der Waals surface area contributed by atoms with E-state index in [1.807, 2.05) is 4.90 Å². The van der Waals surface area contributed by atoms with Gasteiger partial charge in [-0.2, -0.15) is 5.10 Å². The Bertz CT molecular complexity index is 753. The zero-order valence-electron chi connectivity index (χ0n) is 13.9. The first-order valence-corrected chi connectivity index (χ1v) is 8.44. The van der Waals surface area contributed by atoms with Gasteiger partial charge in [-0.25, -0.2) is 8.78 Å². The monoisotopic (exact) mass is 368 g/mol. The smallest absolute Gasteiger partial charge is 0.244 e. The molecule has 1 aliphatic heterocycles. The van der Waals surface area contributed by atoms with Crippen LogP contribution in [0.15, 0.2) is 24.4 Å². The zero-order chi connectivity index (χ0) is 18.0. The first-order valence-electron chi connectivity index (χ1n) is 8.06. The number of nitrogens with zero attached hydrogens (tertiary/aromatic N) is 4. The Kier molecular flexibility index (Phi) is 5.34. The van der Waals surface area contributed by atoms with Gasteiger partial charge < -0.3 is 4.90 Å². The molecule has 0 aliphatic carbocycles. The Morgan fingerprint density at radius 1 is 1.24 bits per heavy atom. The summed E-state index contributed by atoms with van der Waals surface area (Å²) in [5, 5.41) is 4.72.